The molecule has 1 aromatic rings. The molecule has 2 rings (SSSR count). The molecule has 1 atom stereocenters. The summed E-state index contributed by atoms with van der Waals surface area (Å²) in [6.45, 7) is 8.81. The number of aromatic hydroxyl groups is 1. The highest BCUT2D eigenvalue weighted by Crippen LogP contribution is 2.38. The van der Waals surface area contributed by atoms with Crippen LogP contribution in [0.15, 0.2) is 16.6 Å². The lowest BCUT2D eigenvalue weighted by atomic mass is 10.1. The Kier molecular flexibility index (Phi) is 5.07. The molecule has 0 radical (unpaired) electrons. The first-order valence-corrected chi connectivity index (χ1v) is 7.52. The summed E-state index contributed by atoms with van der Waals surface area (Å²) in [6, 6.07) is 4.24. The van der Waals surface area contributed by atoms with E-state index in [1.165, 1.54) is 0 Å². The van der Waals surface area contributed by atoms with E-state index in [4.69, 9.17) is 4.74 Å². The normalized spacial score (nSPS) is 18.3. The zero-order valence-electron chi connectivity index (χ0n) is 11.4. The van der Waals surface area contributed by atoms with Crippen molar-refractivity contribution >= 4 is 15.9 Å². The van der Waals surface area contributed by atoms with Crippen LogP contribution in [-0.2, 0) is 0 Å². The Labute approximate surface area is 122 Å². The first-order chi connectivity index (χ1) is 9.13. The lowest BCUT2D eigenvalue weighted by Crippen LogP contribution is -2.44. The Hall–Kier alpha value is -0.780. The van der Waals surface area contributed by atoms with Crippen LogP contribution in [0.2, 0.25) is 0 Å². The molecule has 1 fully saturated rings. The second kappa shape index (κ2) is 6.59. The first kappa shape index (κ1) is 14.6. The van der Waals surface area contributed by atoms with Crippen molar-refractivity contribution < 1.29 is 9.84 Å². The van der Waals surface area contributed by atoms with E-state index >= 15 is 0 Å². The van der Waals surface area contributed by atoms with Gasteiger partial charge >= 0.3 is 0 Å². The van der Waals surface area contributed by atoms with E-state index in [0.29, 0.717) is 22.9 Å². The third kappa shape index (κ3) is 3.41. The average molecular weight is 329 g/mol. The lowest BCUT2D eigenvalue weighted by Gasteiger charge is -2.33. The number of phenolic OH excluding ortho intramolecular Hbond substituents is 1. The molecule has 0 aliphatic carbocycles. The molecule has 0 spiro atoms. The number of halogens is 1. The summed E-state index contributed by atoms with van der Waals surface area (Å²) in [7, 11) is 0. The first-order valence-electron chi connectivity index (χ1n) is 6.73. The van der Waals surface area contributed by atoms with E-state index in [0.717, 1.165) is 31.7 Å². The standard InChI is InChI=1S/C14H21BrN2O2/c1-3-19-13-9-11(8-12(15)14(13)18)10(2)17-6-4-16-5-7-17/h8-10,16,18H,3-7H2,1-2H3/t10-/m1/s1. The quantitative estimate of drug-likeness (QED) is 0.891. The predicted octanol–water partition coefficient (Wildman–Crippen LogP) is 2.52. The maximum atomic E-state index is 9.95. The molecule has 1 saturated heterocycles. The summed E-state index contributed by atoms with van der Waals surface area (Å²) >= 11 is 3.40. The maximum absolute atomic E-state index is 9.95. The van der Waals surface area contributed by atoms with E-state index in [9.17, 15) is 5.11 Å². The van der Waals surface area contributed by atoms with Crippen LogP contribution >= 0.6 is 15.9 Å². The Bertz CT molecular complexity index is 434. The van der Waals surface area contributed by atoms with Crippen molar-refractivity contribution in [3.05, 3.63) is 22.2 Å². The molecule has 0 aromatic heterocycles. The minimum Gasteiger partial charge on any atom is -0.503 e. The monoisotopic (exact) mass is 328 g/mol. The van der Waals surface area contributed by atoms with Gasteiger partial charge in [-0.25, -0.2) is 0 Å². The zero-order chi connectivity index (χ0) is 13.8. The molecule has 106 valence electrons. The third-order valence-electron chi connectivity index (χ3n) is 3.53. The van der Waals surface area contributed by atoms with E-state index in [1.807, 2.05) is 19.1 Å². The third-order valence-corrected chi connectivity index (χ3v) is 4.14. The fourth-order valence-electron chi connectivity index (χ4n) is 2.38. The SMILES string of the molecule is CCOc1cc([C@@H](C)N2CCNCC2)cc(Br)c1O. The minimum atomic E-state index is 0.179. The van der Waals surface area contributed by atoms with E-state index < -0.39 is 0 Å². The smallest absolute Gasteiger partial charge is 0.172 e. The van der Waals surface area contributed by atoms with Gasteiger partial charge in [-0.3, -0.25) is 4.90 Å². The molecule has 1 aromatic carbocycles. The number of benzene rings is 1. The molecule has 0 amide bonds. The highest BCUT2D eigenvalue weighted by atomic mass is 79.9. The molecule has 0 bridgehead atoms. The van der Waals surface area contributed by atoms with Gasteiger partial charge in [-0.1, -0.05) is 0 Å². The molecule has 0 saturated carbocycles. The van der Waals surface area contributed by atoms with Gasteiger partial charge < -0.3 is 15.2 Å². The van der Waals surface area contributed by atoms with Gasteiger partial charge in [-0.2, -0.15) is 0 Å². The van der Waals surface area contributed by atoms with Gasteiger partial charge in [-0.05, 0) is 47.5 Å². The molecule has 2 N–H and O–H groups in total. The van der Waals surface area contributed by atoms with Crippen LogP contribution in [0.5, 0.6) is 11.5 Å². The van der Waals surface area contributed by atoms with Crippen molar-refractivity contribution in [3.63, 3.8) is 0 Å². The van der Waals surface area contributed by atoms with Crippen LogP contribution in [0.4, 0.5) is 0 Å². The average Bonchev–Trinajstić information content (AvgIpc) is 2.44. The summed E-state index contributed by atoms with van der Waals surface area (Å²) in [5.74, 6) is 0.729. The van der Waals surface area contributed by atoms with Crippen LogP contribution in [-0.4, -0.2) is 42.8 Å². The van der Waals surface area contributed by atoms with Gasteiger partial charge in [0.1, 0.15) is 0 Å². The number of hydrogen-bond acceptors (Lipinski definition) is 4. The summed E-state index contributed by atoms with van der Waals surface area (Å²) in [6.07, 6.45) is 0. The molecular weight excluding hydrogens is 308 g/mol. The molecular formula is C14H21BrN2O2. The number of nitrogens with zero attached hydrogens (tertiary/aromatic N) is 1. The van der Waals surface area contributed by atoms with Crippen LogP contribution in [0.25, 0.3) is 0 Å². The molecule has 4 nitrogen and oxygen atoms in total. The van der Waals surface area contributed by atoms with Crippen molar-refractivity contribution in [2.75, 3.05) is 32.8 Å². The highest BCUT2D eigenvalue weighted by molar-refractivity contribution is 9.10. The molecule has 19 heavy (non-hydrogen) atoms. The summed E-state index contributed by atoms with van der Waals surface area (Å²) in [5.41, 5.74) is 1.16. The van der Waals surface area contributed by atoms with Crippen LogP contribution < -0.4 is 10.1 Å². The summed E-state index contributed by atoms with van der Waals surface area (Å²) in [4.78, 5) is 2.44. The second-order valence-corrected chi connectivity index (χ2v) is 5.60. The molecule has 0 unspecified atom stereocenters. The Morgan fingerprint density at radius 2 is 2.11 bits per heavy atom. The molecule has 5 heteroatoms. The Morgan fingerprint density at radius 1 is 1.42 bits per heavy atom. The molecule has 1 aliphatic rings. The van der Waals surface area contributed by atoms with Crippen LogP contribution in [0, 0.1) is 0 Å². The minimum absolute atomic E-state index is 0.179. The van der Waals surface area contributed by atoms with E-state index in [2.05, 4.69) is 33.1 Å². The number of nitrogens with one attached hydrogen (secondary N) is 1. The Morgan fingerprint density at radius 3 is 2.74 bits per heavy atom. The van der Waals surface area contributed by atoms with Crippen LogP contribution in [0.1, 0.15) is 25.5 Å². The van der Waals surface area contributed by atoms with Crippen molar-refractivity contribution in [2.45, 2.75) is 19.9 Å². The van der Waals surface area contributed by atoms with Crippen molar-refractivity contribution in [1.29, 1.82) is 0 Å². The topological polar surface area (TPSA) is 44.7 Å². The lowest BCUT2D eigenvalue weighted by molar-refractivity contribution is 0.185. The predicted molar refractivity (Wildman–Crippen MR) is 79.8 cm³/mol. The van der Waals surface area contributed by atoms with Crippen molar-refractivity contribution in [1.82, 2.24) is 10.2 Å². The van der Waals surface area contributed by atoms with Crippen molar-refractivity contribution in [2.24, 2.45) is 0 Å². The number of hydrogen-bond donors (Lipinski definition) is 2. The number of rotatable bonds is 4. The summed E-state index contributed by atoms with van der Waals surface area (Å²) < 4.78 is 6.17. The molecule has 1 aliphatic heterocycles. The number of ether oxygens (including phenoxy) is 1. The largest absolute Gasteiger partial charge is 0.503 e. The maximum Gasteiger partial charge on any atom is 0.172 e. The highest BCUT2D eigenvalue weighted by Gasteiger charge is 2.20. The number of phenols is 1. The fraction of sp³-hybridized carbons (Fsp3) is 0.571. The van der Waals surface area contributed by atoms with Gasteiger partial charge in [0.15, 0.2) is 11.5 Å². The van der Waals surface area contributed by atoms with Crippen LogP contribution in [0.3, 0.4) is 0 Å². The van der Waals surface area contributed by atoms with Gasteiger partial charge in [0.2, 0.25) is 0 Å². The van der Waals surface area contributed by atoms with E-state index in [-0.39, 0.29) is 5.75 Å². The Balaban J connectivity index is 2.23. The second-order valence-electron chi connectivity index (χ2n) is 4.74. The fourth-order valence-corrected chi connectivity index (χ4v) is 2.84. The van der Waals surface area contributed by atoms with Gasteiger partial charge in [0, 0.05) is 32.2 Å². The van der Waals surface area contributed by atoms with Crippen molar-refractivity contribution in [3.8, 4) is 11.5 Å². The van der Waals surface area contributed by atoms with Gasteiger partial charge in [0.25, 0.3) is 0 Å². The van der Waals surface area contributed by atoms with Gasteiger partial charge in [0.05, 0.1) is 11.1 Å². The van der Waals surface area contributed by atoms with Gasteiger partial charge in [-0.15, -0.1) is 0 Å². The summed E-state index contributed by atoms with van der Waals surface area (Å²) in [5, 5.41) is 13.3. The van der Waals surface area contributed by atoms with E-state index in [1.54, 1.807) is 0 Å². The zero-order valence-corrected chi connectivity index (χ0v) is 13.0. The molecule has 1 heterocycles. The number of piperazine rings is 1.